The zero-order valence-corrected chi connectivity index (χ0v) is 9.81. The fraction of sp³-hybridized carbons (Fsp3) is 0. The van der Waals surface area contributed by atoms with Gasteiger partial charge in [0, 0.05) is 15.2 Å². The van der Waals surface area contributed by atoms with E-state index in [0.717, 1.165) is 12.1 Å². The second kappa shape index (κ2) is 3.73. The molecule has 72 valence electrons. The molecule has 0 spiro atoms. The lowest BCUT2D eigenvalue weighted by Crippen LogP contribution is -1.93. The third kappa shape index (κ3) is 2.56. The highest BCUT2D eigenvalue weighted by molar-refractivity contribution is 9.10. The Labute approximate surface area is 92.2 Å². The van der Waals surface area contributed by atoms with Crippen LogP contribution in [0, 0.1) is 5.82 Å². The van der Waals surface area contributed by atoms with E-state index in [4.69, 9.17) is 22.3 Å². The van der Waals surface area contributed by atoms with E-state index in [9.17, 15) is 12.8 Å². The largest absolute Gasteiger partial charge is 0.262 e. The molecule has 1 rings (SSSR count). The summed E-state index contributed by atoms with van der Waals surface area (Å²) in [5.41, 5.74) is 0. The lowest BCUT2D eigenvalue weighted by molar-refractivity contribution is 0.602. The summed E-state index contributed by atoms with van der Waals surface area (Å²) < 4.78 is 34.6. The van der Waals surface area contributed by atoms with Gasteiger partial charge in [-0.05, 0) is 28.1 Å². The van der Waals surface area contributed by atoms with Gasteiger partial charge in [0.25, 0.3) is 9.05 Å². The Morgan fingerprint density at radius 1 is 1.38 bits per heavy atom. The maximum atomic E-state index is 12.7. The summed E-state index contributed by atoms with van der Waals surface area (Å²) in [5.74, 6) is -0.726. The van der Waals surface area contributed by atoms with E-state index in [1.807, 2.05) is 0 Å². The highest BCUT2D eigenvalue weighted by Gasteiger charge is 2.18. The van der Waals surface area contributed by atoms with Crippen molar-refractivity contribution >= 4 is 47.3 Å². The van der Waals surface area contributed by atoms with E-state index in [-0.39, 0.29) is 9.50 Å². The van der Waals surface area contributed by atoms with Crippen LogP contribution in [0.1, 0.15) is 0 Å². The summed E-state index contributed by atoms with van der Waals surface area (Å²) in [6, 6.07) is 1.81. The minimum atomic E-state index is -4.01. The summed E-state index contributed by atoms with van der Waals surface area (Å²) in [6.45, 7) is 0. The van der Waals surface area contributed by atoms with Gasteiger partial charge in [0.1, 0.15) is 10.7 Å². The maximum Gasteiger partial charge on any atom is 0.262 e. The first-order valence-corrected chi connectivity index (χ1v) is 6.39. The maximum absolute atomic E-state index is 12.7. The van der Waals surface area contributed by atoms with Crippen molar-refractivity contribution in [3.8, 4) is 0 Å². The quantitative estimate of drug-likeness (QED) is 0.590. The van der Waals surface area contributed by atoms with Gasteiger partial charge in [-0.2, -0.15) is 0 Å². The molecule has 0 saturated carbocycles. The van der Waals surface area contributed by atoms with Gasteiger partial charge < -0.3 is 0 Å². The van der Waals surface area contributed by atoms with E-state index in [1.54, 1.807) is 0 Å². The van der Waals surface area contributed by atoms with Gasteiger partial charge >= 0.3 is 0 Å². The SMILES string of the molecule is O=S(=O)(Cl)c1cc(F)cc(Br)c1Cl. The van der Waals surface area contributed by atoms with Crippen molar-refractivity contribution in [2.24, 2.45) is 0 Å². The first kappa shape index (κ1) is 11.2. The molecule has 0 heterocycles. The van der Waals surface area contributed by atoms with Crippen molar-refractivity contribution in [1.29, 1.82) is 0 Å². The number of halogens is 4. The Balaban J connectivity index is 3.56. The van der Waals surface area contributed by atoms with Crippen LogP contribution in [0.2, 0.25) is 5.02 Å². The van der Waals surface area contributed by atoms with Gasteiger partial charge in [-0.15, -0.1) is 0 Å². The summed E-state index contributed by atoms with van der Waals surface area (Å²) >= 11 is 8.47. The van der Waals surface area contributed by atoms with Crippen molar-refractivity contribution in [3.05, 3.63) is 27.4 Å². The molecule has 0 unspecified atom stereocenters. The van der Waals surface area contributed by atoms with Crippen LogP contribution in [-0.2, 0) is 9.05 Å². The molecule has 0 fully saturated rings. The number of benzene rings is 1. The minimum Gasteiger partial charge on any atom is -0.207 e. The molecule has 0 atom stereocenters. The molecule has 1 aromatic rings. The first-order chi connectivity index (χ1) is 5.82. The third-order valence-electron chi connectivity index (χ3n) is 1.22. The molecule has 0 aromatic heterocycles. The Morgan fingerprint density at radius 2 is 1.92 bits per heavy atom. The van der Waals surface area contributed by atoms with E-state index in [2.05, 4.69) is 15.9 Å². The number of hydrogen-bond acceptors (Lipinski definition) is 2. The first-order valence-electron chi connectivity index (χ1n) is 2.91. The van der Waals surface area contributed by atoms with E-state index in [0.29, 0.717) is 0 Å². The van der Waals surface area contributed by atoms with Crippen LogP contribution in [0.3, 0.4) is 0 Å². The van der Waals surface area contributed by atoms with Gasteiger partial charge in [-0.3, -0.25) is 0 Å². The molecule has 0 aliphatic heterocycles. The van der Waals surface area contributed by atoms with Gasteiger partial charge in [-0.1, -0.05) is 11.6 Å². The smallest absolute Gasteiger partial charge is 0.207 e. The number of hydrogen-bond donors (Lipinski definition) is 0. The predicted octanol–water partition coefficient (Wildman–Crippen LogP) is 3.17. The molecule has 0 aliphatic rings. The predicted molar refractivity (Wildman–Crippen MR) is 52.1 cm³/mol. The Hall–Kier alpha value is 0.160. The molecular formula is C6H2BrCl2FO2S. The summed E-state index contributed by atoms with van der Waals surface area (Å²) in [4.78, 5) is -0.442. The van der Waals surface area contributed by atoms with Gasteiger partial charge in [0.2, 0.25) is 0 Å². The minimum absolute atomic E-state index is 0.128. The molecule has 2 nitrogen and oxygen atoms in total. The van der Waals surface area contributed by atoms with Crippen molar-refractivity contribution in [2.75, 3.05) is 0 Å². The second-order valence-corrected chi connectivity index (χ2v) is 5.90. The molecule has 0 saturated heterocycles. The standard InChI is InChI=1S/C6H2BrCl2FO2S/c7-4-1-3(10)2-5(6(4)8)13(9,11)12/h1-2H. The molecule has 0 bridgehead atoms. The van der Waals surface area contributed by atoms with Crippen molar-refractivity contribution in [2.45, 2.75) is 4.90 Å². The normalized spacial score (nSPS) is 11.7. The van der Waals surface area contributed by atoms with E-state index >= 15 is 0 Å². The summed E-state index contributed by atoms with van der Waals surface area (Å²) in [7, 11) is 1.000. The van der Waals surface area contributed by atoms with Crippen molar-refractivity contribution in [1.82, 2.24) is 0 Å². The van der Waals surface area contributed by atoms with Crippen molar-refractivity contribution < 1.29 is 12.8 Å². The average Bonchev–Trinajstić information content (AvgIpc) is 1.94. The average molecular weight is 308 g/mol. The van der Waals surface area contributed by atoms with Crippen LogP contribution >= 0.6 is 38.2 Å². The molecule has 1 aromatic carbocycles. The highest BCUT2D eigenvalue weighted by Crippen LogP contribution is 2.32. The monoisotopic (exact) mass is 306 g/mol. The molecule has 0 N–H and O–H groups in total. The Bertz CT molecular complexity index is 446. The Kier molecular flexibility index (Phi) is 3.22. The fourth-order valence-electron chi connectivity index (χ4n) is 0.710. The zero-order valence-electron chi connectivity index (χ0n) is 5.89. The highest BCUT2D eigenvalue weighted by atomic mass is 79.9. The fourth-order valence-corrected chi connectivity index (χ4v) is 2.75. The lowest BCUT2D eigenvalue weighted by atomic mass is 10.3. The van der Waals surface area contributed by atoms with Gasteiger partial charge in [0.05, 0.1) is 5.02 Å². The third-order valence-corrected chi connectivity index (χ3v) is 3.94. The van der Waals surface area contributed by atoms with Crippen LogP contribution in [-0.4, -0.2) is 8.42 Å². The lowest BCUT2D eigenvalue weighted by Gasteiger charge is -2.01. The molecule has 0 aliphatic carbocycles. The topological polar surface area (TPSA) is 34.1 Å². The second-order valence-electron chi connectivity index (χ2n) is 2.14. The number of rotatable bonds is 1. The van der Waals surface area contributed by atoms with Gasteiger partial charge in [-0.25, -0.2) is 12.8 Å². The molecular weight excluding hydrogens is 306 g/mol. The van der Waals surface area contributed by atoms with Crippen LogP contribution in [0.4, 0.5) is 4.39 Å². The van der Waals surface area contributed by atoms with Crippen molar-refractivity contribution in [3.63, 3.8) is 0 Å². The Morgan fingerprint density at radius 3 is 2.38 bits per heavy atom. The van der Waals surface area contributed by atoms with E-state index < -0.39 is 19.8 Å². The molecule has 0 radical (unpaired) electrons. The van der Waals surface area contributed by atoms with Crippen LogP contribution in [0.15, 0.2) is 21.5 Å². The molecule has 7 heteroatoms. The van der Waals surface area contributed by atoms with Crippen LogP contribution in [0.25, 0.3) is 0 Å². The zero-order chi connectivity index (χ0) is 10.2. The van der Waals surface area contributed by atoms with E-state index in [1.165, 1.54) is 0 Å². The summed E-state index contributed by atoms with van der Waals surface area (Å²) in [5, 5.41) is -0.128. The molecule has 13 heavy (non-hydrogen) atoms. The molecule has 0 amide bonds. The van der Waals surface area contributed by atoms with Crippen LogP contribution in [0.5, 0.6) is 0 Å². The van der Waals surface area contributed by atoms with Gasteiger partial charge in [0.15, 0.2) is 0 Å². The summed E-state index contributed by atoms with van der Waals surface area (Å²) in [6.07, 6.45) is 0. The van der Waals surface area contributed by atoms with Crippen LogP contribution < -0.4 is 0 Å².